The fourth-order valence-electron chi connectivity index (χ4n) is 8.71. The minimum atomic E-state index is -3.69. The predicted octanol–water partition coefficient (Wildman–Crippen LogP) is 2.75. The molecule has 8 rings (SSSR count). The molecule has 8 heterocycles. The van der Waals surface area contributed by atoms with E-state index >= 15 is 0 Å². The summed E-state index contributed by atoms with van der Waals surface area (Å²) in [5.74, 6) is 2.55. The van der Waals surface area contributed by atoms with Crippen LogP contribution in [0.2, 0.25) is 0 Å². The average Bonchev–Trinajstić information content (AvgIpc) is 3.30. The fourth-order valence-corrected chi connectivity index (χ4v) is 11.5. The van der Waals surface area contributed by atoms with Crippen molar-refractivity contribution in [3.8, 4) is 0 Å². The summed E-state index contributed by atoms with van der Waals surface area (Å²) < 4.78 is 67.2. The number of nitrogen functional groups attached to an aromatic ring is 2. The lowest BCUT2D eigenvalue weighted by atomic mass is 9.91. The highest BCUT2D eigenvalue weighted by atomic mass is 32.2. The average molecular weight is 953 g/mol. The molecule has 4 fully saturated rings. The molecule has 22 heteroatoms. The van der Waals surface area contributed by atoms with Gasteiger partial charge in [0.2, 0.25) is 31.9 Å². The molecule has 360 valence electrons. The molecule has 4 saturated heterocycles. The number of aromatic nitrogens is 6. The van der Waals surface area contributed by atoms with Gasteiger partial charge in [-0.2, -0.15) is 8.61 Å². The van der Waals surface area contributed by atoms with E-state index in [0.717, 1.165) is 65.0 Å². The summed E-state index contributed by atoms with van der Waals surface area (Å²) in [6, 6.07) is 5.84. The maximum absolute atomic E-state index is 13.3. The highest BCUT2D eigenvalue weighted by Crippen LogP contribution is 2.32. The van der Waals surface area contributed by atoms with Gasteiger partial charge in [0, 0.05) is 126 Å². The summed E-state index contributed by atoms with van der Waals surface area (Å²) in [4.78, 5) is 30.4. The van der Waals surface area contributed by atoms with Crippen LogP contribution in [0.5, 0.6) is 0 Å². The van der Waals surface area contributed by atoms with Crippen molar-refractivity contribution >= 4 is 43.6 Å². The summed E-state index contributed by atoms with van der Waals surface area (Å²) in [7, 11) is -7.39. The van der Waals surface area contributed by atoms with Crippen LogP contribution in [-0.2, 0) is 40.7 Å². The maximum atomic E-state index is 13.3. The lowest BCUT2D eigenvalue weighted by Crippen LogP contribution is -2.56. The van der Waals surface area contributed by atoms with E-state index in [9.17, 15) is 27.0 Å². The van der Waals surface area contributed by atoms with E-state index in [0.29, 0.717) is 74.1 Å². The number of anilines is 4. The molecule has 0 unspecified atom stereocenters. The lowest BCUT2D eigenvalue weighted by Gasteiger charge is -2.42. The number of piperazine rings is 2. The Morgan fingerprint density at radius 1 is 0.561 bits per heavy atom. The van der Waals surface area contributed by atoms with E-state index < -0.39 is 31.2 Å². The van der Waals surface area contributed by atoms with Crippen molar-refractivity contribution in [2.24, 2.45) is 11.8 Å². The van der Waals surface area contributed by atoms with Gasteiger partial charge in [-0.05, 0) is 102 Å². The molecule has 0 aliphatic carbocycles. The molecule has 66 heavy (non-hydrogen) atoms. The van der Waals surface area contributed by atoms with E-state index in [1.165, 1.54) is 45.3 Å². The number of hydrogen-bond acceptors (Lipinski definition) is 18. The Hall–Kier alpha value is -4.68. The fraction of sp³-hybridized carbons (Fsp3) is 0.591. The number of ether oxygens (including phenoxy) is 2. The van der Waals surface area contributed by atoms with Gasteiger partial charge < -0.3 is 41.0 Å². The molecule has 0 bridgehead atoms. The second-order valence-corrected chi connectivity index (χ2v) is 22.4. The standard InChI is InChI=1S/2C22H32N6O4S/c2*1-22(2,29)17-12-25-21(26-13-17)28-8-7-27(15-18(28)11-16-5-9-32-10-6-16)33(30,31)19-3-4-20(23)24-14-19/h2*3-4,12-14,16,18,29H,5-11,15H2,1-2H3,(H2,23,24)/t2*18-/m00/s1. The van der Waals surface area contributed by atoms with Crippen LogP contribution in [0.4, 0.5) is 23.5 Å². The van der Waals surface area contributed by atoms with Crippen LogP contribution in [-0.4, -0.2) is 143 Å². The van der Waals surface area contributed by atoms with Gasteiger partial charge in [0.15, 0.2) is 0 Å². The van der Waals surface area contributed by atoms with E-state index in [4.69, 9.17) is 20.9 Å². The highest BCUT2D eigenvalue weighted by molar-refractivity contribution is 7.89. The van der Waals surface area contributed by atoms with E-state index in [1.54, 1.807) is 52.5 Å². The third-order valence-electron chi connectivity index (χ3n) is 12.8. The van der Waals surface area contributed by atoms with Crippen LogP contribution in [0.1, 0.15) is 77.3 Å². The van der Waals surface area contributed by atoms with Gasteiger partial charge in [-0.3, -0.25) is 0 Å². The third-order valence-corrected chi connectivity index (χ3v) is 16.5. The zero-order valence-corrected chi connectivity index (χ0v) is 39.8. The zero-order chi connectivity index (χ0) is 47.3. The largest absolute Gasteiger partial charge is 0.386 e. The topological polar surface area (TPSA) is 270 Å². The number of sulfonamides is 2. The molecule has 4 aromatic heterocycles. The van der Waals surface area contributed by atoms with Gasteiger partial charge in [-0.25, -0.2) is 46.7 Å². The summed E-state index contributed by atoms with van der Waals surface area (Å²) in [5, 5.41) is 20.4. The van der Waals surface area contributed by atoms with Crippen molar-refractivity contribution in [2.75, 3.05) is 87.0 Å². The summed E-state index contributed by atoms with van der Waals surface area (Å²) in [6.45, 7) is 11.9. The van der Waals surface area contributed by atoms with Gasteiger partial charge in [0.05, 0.1) is 11.2 Å². The van der Waals surface area contributed by atoms with Crippen LogP contribution in [0.25, 0.3) is 0 Å². The Balaban J connectivity index is 0.000000196. The van der Waals surface area contributed by atoms with Crippen molar-refractivity contribution in [3.05, 3.63) is 72.6 Å². The molecule has 20 nitrogen and oxygen atoms in total. The number of rotatable bonds is 12. The first-order valence-corrected chi connectivity index (χ1v) is 25.4. The van der Waals surface area contributed by atoms with Crippen LogP contribution < -0.4 is 21.3 Å². The second-order valence-electron chi connectivity index (χ2n) is 18.5. The number of hydrogen-bond donors (Lipinski definition) is 4. The molecule has 0 saturated carbocycles. The normalized spacial score (nSPS) is 21.3. The Bertz CT molecular complexity index is 2240. The molecule has 6 N–H and O–H groups in total. The Labute approximate surface area is 387 Å². The van der Waals surface area contributed by atoms with Crippen LogP contribution in [0.3, 0.4) is 0 Å². The maximum Gasteiger partial charge on any atom is 0.244 e. The Morgan fingerprint density at radius 2 is 0.909 bits per heavy atom. The van der Waals surface area contributed by atoms with Crippen molar-refractivity contribution in [3.63, 3.8) is 0 Å². The summed E-state index contributed by atoms with van der Waals surface area (Å²) in [5.41, 5.74) is 10.5. The molecule has 0 aromatic carbocycles. The quantitative estimate of drug-likeness (QED) is 0.159. The zero-order valence-electron chi connectivity index (χ0n) is 38.2. The lowest BCUT2D eigenvalue weighted by molar-refractivity contribution is 0.0599. The van der Waals surface area contributed by atoms with Gasteiger partial charge in [-0.1, -0.05) is 0 Å². The molecular formula is C44H64N12O8S2. The highest BCUT2D eigenvalue weighted by Gasteiger charge is 2.39. The SMILES string of the molecule is CC(C)(O)c1cnc(N2CCN(S(=O)(=O)c3ccc(N)nc3)C[C@@H]2CC2CCOCC2)nc1.CC(C)(O)c1cnc(N2CCN(S(=O)(=O)c3ccc(N)nc3)C[C@@H]2CC2CCOCC2)nc1. The number of aliphatic hydroxyl groups is 2. The number of nitrogens with zero attached hydrogens (tertiary/aromatic N) is 10. The molecule has 0 radical (unpaired) electrons. The minimum Gasteiger partial charge on any atom is -0.386 e. The second kappa shape index (κ2) is 20.7. The summed E-state index contributed by atoms with van der Waals surface area (Å²) >= 11 is 0. The van der Waals surface area contributed by atoms with Crippen LogP contribution in [0.15, 0.2) is 71.2 Å². The first kappa shape index (κ1) is 49.2. The Kier molecular flexibility index (Phi) is 15.4. The van der Waals surface area contributed by atoms with Crippen molar-refractivity contribution in [2.45, 2.75) is 99.3 Å². The van der Waals surface area contributed by atoms with Gasteiger partial charge in [0.1, 0.15) is 21.4 Å². The first-order valence-electron chi connectivity index (χ1n) is 22.5. The molecule has 0 spiro atoms. The molecule has 4 aromatic rings. The molecule has 4 aliphatic heterocycles. The van der Waals surface area contributed by atoms with Crippen molar-refractivity contribution < 1.29 is 36.5 Å². The van der Waals surface area contributed by atoms with Crippen LogP contribution in [0, 0.1) is 11.8 Å². The van der Waals surface area contributed by atoms with Crippen molar-refractivity contribution in [1.29, 1.82) is 0 Å². The first-order chi connectivity index (χ1) is 31.3. The molecule has 0 amide bonds. The van der Waals surface area contributed by atoms with Crippen LogP contribution >= 0.6 is 0 Å². The van der Waals surface area contributed by atoms with Gasteiger partial charge >= 0.3 is 0 Å². The van der Waals surface area contributed by atoms with Gasteiger partial charge in [0.25, 0.3) is 0 Å². The molecule has 4 aliphatic rings. The Morgan fingerprint density at radius 3 is 1.21 bits per heavy atom. The van der Waals surface area contributed by atoms with E-state index in [-0.39, 0.29) is 33.5 Å². The predicted molar refractivity (Wildman–Crippen MR) is 248 cm³/mol. The van der Waals surface area contributed by atoms with Crippen molar-refractivity contribution in [1.82, 2.24) is 38.5 Å². The summed E-state index contributed by atoms with van der Waals surface area (Å²) in [6.07, 6.45) is 14.6. The monoisotopic (exact) mass is 952 g/mol. The number of pyridine rings is 2. The number of nitrogens with two attached hydrogens (primary N) is 2. The molecular weight excluding hydrogens is 889 g/mol. The smallest absolute Gasteiger partial charge is 0.244 e. The van der Waals surface area contributed by atoms with Gasteiger partial charge in [-0.15, -0.1) is 0 Å². The van der Waals surface area contributed by atoms with E-state index in [1.807, 2.05) is 0 Å². The third kappa shape index (κ3) is 12.1. The van der Waals surface area contributed by atoms with E-state index in [2.05, 4.69) is 39.7 Å². The molecule has 2 atom stereocenters. The minimum absolute atomic E-state index is 0.0775.